The van der Waals surface area contributed by atoms with Crippen LogP contribution in [0.3, 0.4) is 0 Å². The molecule has 0 radical (unpaired) electrons. The fourth-order valence-corrected chi connectivity index (χ4v) is 0.385. The molecule has 3 nitrogen and oxygen atoms in total. The molecule has 1 aromatic rings. The first-order valence-corrected chi connectivity index (χ1v) is 3.36. The molecule has 0 N–H and O–H groups in total. The normalized spacial score (nSPS) is 7.15. The van der Waals surface area contributed by atoms with Crippen LogP contribution in [-0.2, 0) is 9.59 Å². The SMILES string of the molecule is CC(=O)C(=O)[O-].[Na+].c1ccccc1. The summed E-state index contributed by atoms with van der Waals surface area (Å²) in [5.41, 5.74) is 0. The van der Waals surface area contributed by atoms with Gasteiger partial charge in [0.05, 0.1) is 0 Å². The number of aliphatic carboxylic acids is 1. The number of carbonyl (C=O) groups excluding carboxylic acids is 2. The molecule has 0 bridgehead atoms. The van der Waals surface area contributed by atoms with Crippen LogP contribution in [0.15, 0.2) is 36.4 Å². The Hall–Kier alpha value is -0.640. The monoisotopic (exact) mass is 188 g/mol. The molecule has 0 aliphatic carbocycles. The van der Waals surface area contributed by atoms with Crippen molar-refractivity contribution in [2.45, 2.75) is 6.92 Å². The molecular weight excluding hydrogens is 179 g/mol. The Bertz CT molecular complexity index is 208. The zero-order chi connectivity index (χ0) is 9.40. The van der Waals surface area contributed by atoms with Crippen molar-refractivity contribution in [3.05, 3.63) is 36.4 Å². The number of hydrogen-bond acceptors (Lipinski definition) is 3. The van der Waals surface area contributed by atoms with E-state index in [0.29, 0.717) is 0 Å². The number of hydrogen-bond donors (Lipinski definition) is 0. The van der Waals surface area contributed by atoms with Crippen LogP contribution in [0.4, 0.5) is 0 Å². The van der Waals surface area contributed by atoms with Crippen LogP contribution in [0, 0.1) is 0 Å². The van der Waals surface area contributed by atoms with E-state index in [1.807, 2.05) is 36.4 Å². The molecule has 1 rings (SSSR count). The molecule has 0 unspecified atom stereocenters. The van der Waals surface area contributed by atoms with E-state index >= 15 is 0 Å². The second-order valence-electron chi connectivity index (χ2n) is 2.00. The zero-order valence-electron chi connectivity index (χ0n) is 7.69. The Balaban J connectivity index is 0. The first-order chi connectivity index (χ1) is 5.64. The number of benzene rings is 1. The summed E-state index contributed by atoms with van der Waals surface area (Å²) in [6, 6.07) is 12.0. The van der Waals surface area contributed by atoms with E-state index in [-0.39, 0.29) is 29.6 Å². The molecule has 0 amide bonds. The standard InChI is InChI=1S/C6H6.C3H4O3.Na/c1-2-4-6-5-3-1;1-2(4)3(5)6;/h1-6H;1H3,(H,5,6);/q;;+1/p-1. The largest absolute Gasteiger partial charge is 1.00 e. The molecule has 0 saturated carbocycles. The van der Waals surface area contributed by atoms with Gasteiger partial charge in [-0.25, -0.2) is 0 Å². The predicted molar refractivity (Wildman–Crippen MR) is 42.1 cm³/mol. The molecule has 0 atom stereocenters. The molecule has 0 aliphatic heterocycles. The molecule has 0 aromatic heterocycles. The van der Waals surface area contributed by atoms with Crippen LogP contribution >= 0.6 is 0 Å². The molecule has 0 saturated heterocycles. The van der Waals surface area contributed by atoms with Gasteiger partial charge in [-0.15, -0.1) is 0 Å². The number of carbonyl (C=O) groups is 2. The fraction of sp³-hybridized carbons (Fsp3) is 0.111. The third-order valence-corrected chi connectivity index (χ3v) is 0.954. The van der Waals surface area contributed by atoms with E-state index in [4.69, 9.17) is 0 Å². The van der Waals surface area contributed by atoms with Gasteiger partial charge in [-0.1, -0.05) is 36.4 Å². The fourth-order valence-electron chi connectivity index (χ4n) is 0.385. The van der Waals surface area contributed by atoms with E-state index in [1.54, 1.807) is 0 Å². The van der Waals surface area contributed by atoms with Gasteiger partial charge in [0.1, 0.15) is 5.97 Å². The second-order valence-corrected chi connectivity index (χ2v) is 2.00. The van der Waals surface area contributed by atoms with Gasteiger partial charge in [0.2, 0.25) is 0 Å². The van der Waals surface area contributed by atoms with Gasteiger partial charge in [0.15, 0.2) is 5.78 Å². The summed E-state index contributed by atoms with van der Waals surface area (Å²) in [5.74, 6) is -2.56. The minimum Gasteiger partial charge on any atom is -0.542 e. The summed E-state index contributed by atoms with van der Waals surface area (Å²) in [4.78, 5) is 18.7. The summed E-state index contributed by atoms with van der Waals surface area (Å²) in [7, 11) is 0. The van der Waals surface area contributed by atoms with Gasteiger partial charge in [0, 0.05) is 6.92 Å². The Kier molecular flexibility index (Phi) is 10.8. The maximum atomic E-state index is 9.48. The number of carboxylic acid groups (broad SMARTS) is 1. The van der Waals surface area contributed by atoms with Crippen LogP contribution in [0.2, 0.25) is 0 Å². The molecular formula is C9H9NaO3. The van der Waals surface area contributed by atoms with Crippen molar-refractivity contribution in [3.63, 3.8) is 0 Å². The van der Waals surface area contributed by atoms with Crippen LogP contribution in [-0.4, -0.2) is 11.8 Å². The minimum absolute atomic E-state index is 0. The molecule has 64 valence electrons. The molecule has 0 spiro atoms. The van der Waals surface area contributed by atoms with Crippen LogP contribution < -0.4 is 34.7 Å². The molecule has 4 heteroatoms. The average molecular weight is 188 g/mol. The topological polar surface area (TPSA) is 57.2 Å². The zero-order valence-corrected chi connectivity index (χ0v) is 9.69. The smallest absolute Gasteiger partial charge is 0.542 e. The third kappa shape index (κ3) is 11.4. The van der Waals surface area contributed by atoms with Crippen molar-refractivity contribution in [2.75, 3.05) is 0 Å². The van der Waals surface area contributed by atoms with Gasteiger partial charge < -0.3 is 9.90 Å². The predicted octanol–water partition coefficient (Wildman–Crippen LogP) is -2.98. The molecule has 1 aromatic carbocycles. The summed E-state index contributed by atoms with van der Waals surface area (Å²) in [5, 5.41) is 9.24. The van der Waals surface area contributed by atoms with Gasteiger partial charge in [0.25, 0.3) is 0 Å². The molecule has 0 fully saturated rings. The molecule has 0 aliphatic rings. The number of Topliss-reactive ketones (excluding diaryl/α,β-unsaturated/α-hetero) is 1. The first kappa shape index (κ1) is 14.9. The quantitative estimate of drug-likeness (QED) is 0.349. The van der Waals surface area contributed by atoms with Crippen molar-refractivity contribution in [2.24, 2.45) is 0 Å². The third-order valence-electron chi connectivity index (χ3n) is 0.954. The summed E-state index contributed by atoms with van der Waals surface area (Å²) in [6.45, 7) is 0.940. The van der Waals surface area contributed by atoms with Crippen molar-refractivity contribution < 1.29 is 44.3 Å². The Labute approximate surface area is 99.1 Å². The maximum absolute atomic E-state index is 9.48. The average Bonchev–Trinajstić information content (AvgIpc) is 2.08. The summed E-state index contributed by atoms with van der Waals surface area (Å²) in [6.07, 6.45) is 0. The molecule has 13 heavy (non-hydrogen) atoms. The Morgan fingerprint density at radius 1 is 0.923 bits per heavy atom. The van der Waals surface area contributed by atoms with Crippen molar-refractivity contribution >= 4 is 11.8 Å². The Morgan fingerprint density at radius 2 is 1.08 bits per heavy atom. The minimum atomic E-state index is -1.63. The van der Waals surface area contributed by atoms with Crippen molar-refractivity contribution in [1.29, 1.82) is 0 Å². The van der Waals surface area contributed by atoms with E-state index in [0.717, 1.165) is 6.92 Å². The van der Waals surface area contributed by atoms with Crippen molar-refractivity contribution in [3.8, 4) is 0 Å². The summed E-state index contributed by atoms with van der Waals surface area (Å²) < 4.78 is 0. The van der Waals surface area contributed by atoms with Gasteiger partial charge in [-0.2, -0.15) is 0 Å². The second kappa shape index (κ2) is 9.45. The van der Waals surface area contributed by atoms with Gasteiger partial charge in [-0.05, 0) is 0 Å². The van der Waals surface area contributed by atoms with Crippen LogP contribution in [0.25, 0.3) is 0 Å². The van der Waals surface area contributed by atoms with Crippen LogP contribution in [0.5, 0.6) is 0 Å². The van der Waals surface area contributed by atoms with E-state index in [9.17, 15) is 14.7 Å². The Morgan fingerprint density at radius 3 is 1.15 bits per heavy atom. The summed E-state index contributed by atoms with van der Waals surface area (Å²) >= 11 is 0. The van der Waals surface area contributed by atoms with Crippen LogP contribution in [0.1, 0.15) is 6.92 Å². The molecule has 0 heterocycles. The maximum Gasteiger partial charge on any atom is 1.00 e. The first-order valence-electron chi connectivity index (χ1n) is 3.36. The van der Waals surface area contributed by atoms with E-state index < -0.39 is 11.8 Å². The van der Waals surface area contributed by atoms with E-state index in [1.165, 1.54) is 0 Å². The number of ketones is 1. The van der Waals surface area contributed by atoms with Gasteiger partial charge in [-0.3, -0.25) is 4.79 Å². The van der Waals surface area contributed by atoms with Gasteiger partial charge >= 0.3 is 29.6 Å². The number of carboxylic acids is 1. The van der Waals surface area contributed by atoms with Crippen molar-refractivity contribution in [1.82, 2.24) is 0 Å². The van der Waals surface area contributed by atoms with E-state index in [2.05, 4.69) is 0 Å². The number of rotatable bonds is 1.